The van der Waals surface area contributed by atoms with E-state index in [0.717, 1.165) is 28.1 Å². The van der Waals surface area contributed by atoms with E-state index in [-0.39, 0.29) is 11.0 Å². The molecule has 0 fully saturated rings. The molecule has 136 valence electrons. The summed E-state index contributed by atoms with van der Waals surface area (Å²) in [5.41, 5.74) is 4.08. The number of nitrogens with one attached hydrogen (secondary N) is 2. The second kappa shape index (κ2) is 8.47. The third kappa shape index (κ3) is 5.39. The lowest BCUT2D eigenvalue weighted by Gasteiger charge is -2.09. The van der Waals surface area contributed by atoms with Crippen molar-refractivity contribution < 1.29 is 9.21 Å². The van der Waals surface area contributed by atoms with Gasteiger partial charge in [0.25, 0.3) is 0 Å². The molecule has 1 aromatic heterocycles. The maximum Gasteiger partial charge on any atom is 0.250 e. The molecular formula is C22H20N2O2S. The summed E-state index contributed by atoms with van der Waals surface area (Å²) in [5.74, 6) is 1.02. The summed E-state index contributed by atoms with van der Waals surface area (Å²) in [4.78, 5) is 12.1. The van der Waals surface area contributed by atoms with Crippen molar-refractivity contribution in [3.63, 3.8) is 0 Å². The van der Waals surface area contributed by atoms with Crippen molar-refractivity contribution in [1.82, 2.24) is 5.32 Å². The zero-order chi connectivity index (χ0) is 19.2. The molecule has 5 heteroatoms. The van der Waals surface area contributed by atoms with Gasteiger partial charge in [-0.3, -0.25) is 10.1 Å². The molecule has 0 saturated carbocycles. The molecule has 0 atom stereocenters. The Balaban J connectivity index is 1.57. The minimum absolute atomic E-state index is 0.249. The number of benzene rings is 2. The van der Waals surface area contributed by atoms with E-state index in [9.17, 15) is 4.79 Å². The van der Waals surface area contributed by atoms with Gasteiger partial charge in [-0.25, -0.2) is 0 Å². The summed E-state index contributed by atoms with van der Waals surface area (Å²) in [6.07, 6.45) is 3.00. The average Bonchev–Trinajstić information content (AvgIpc) is 3.09. The lowest BCUT2D eigenvalue weighted by atomic mass is 10.1. The molecule has 0 spiro atoms. The second-order valence-electron chi connectivity index (χ2n) is 6.22. The Hall–Kier alpha value is -3.18. The number of carbonyl (C=O) groups excluding carboxylic acids is 1. The molecule has 2 aromatic carbocycles. The van der Waals surface area contributed by atoms with Crippen LogP contribution in [-0.2, 0) is 4.79 Å². The van der Waals surface area contributed by atoms with Crippen LogP contribution in [0.25, 0.3) is 17.4 Å². The molecule has 0 bridgehead atoms. The topological polar surface area (TPSA) is 54.3 Å². The molecule has 0 aliphatic carbocycles. The lowest BCUT2D eigenvalue weighted by Crippen LogP contribution is -2.32. The smallest absolute Gasteiger partial charge is 0.250 e. The normalized spacial score (nSPS) is 10.7. The van der Waals surface area contributed by atoms with Gasteiger partial charge >= 0.3 is 0 Å². The summed E-state index contributed by atoms with van der Waals surface area (Å²) in [6.45, 7) is 4.02. The van der Waals surface area contributed by atoms with Crippen LogP contribution in [0.15, 0.2) is 71.2 Å². The van der Waals surface area contributed by atoms with E-state index >= 15 is 0 Å². The summed E-state index contributed by atoms with van der Waals surface area (Å²) in [7, 11) is 0. The van der Waals surface area contributed by atoms with Gasteiger partial charge in [-0.2, -0.15) is 0 Å². The van der Waals surface area contributed by atoms with Gasteiger partial charge in [-0.05, 0) is 67.5 Å². The van der Waals surface area contributed by atoms with Crippen LogP contribution in [0.4, 0.5) is 5.69 Å². The van der Waals surface area contributed by atoms with Gasteiger partial charge in [0.2, 0.25) is 5.91 Å². The Bertz CT molecular complexity index is 970. The first-order chi connectivity index (χ1) is 13.0. The predicted octanol–water partition coefficient (Wildman–Crippen LogP) is 5.09. The maximum atomic E-state index is 12.1. The van der Waals surface area contributed by atoms with E-state index in [1.54, 1.807) is 6.08 Å². The van der Waals surface area contributed by atoms with Crippen molar-refractivity contribution in [2.24, 2.45) is 0 Å². The van der Waals surface area contributed by atoms with Crippen molar-refractivity contribution >= 4 is 35.0 Å². The monoisotopic (exact) mass is 376 g/mol. The number of rotatable bonds is 4. The highest BCUT2D eigenvalue weighted by Gasteiger charge is 2.05. The fourth-order valence-corrected chi connectivity index (χ4v) is 2.94. The number of hydrogen-bond acceptors (Lipinski definition) is 3. The quantitative estimate of drug-likeness (QED) is 0.492. The Labute approximate surface area is 163 Å². The summed E-state index contributed by atoms with van der Waals surface area (Å²) >= 11 is 5.20. The fraction of sp³-hybridized carbons (Fsp3) is 0.0909. The number of hydrogen-bond donors (Lipinski definition) is 2. The van der Waals surface area contributed by atoms with Gasteiger partial charge in [0.15, 0.2) is 5.11 Å². The number of aryl methyl sites for hydroxylation is 2. The van der Waals surface area contributed by atoms with E-state index in [2.05, 4.69) is 16.7 Å². The van der Waals surface area contributed by atoms with Crippen molar-refractivity contribution in [1.29, 1.82) is 0 Å². The molecule has 27 heavy (non-hydrogen) atoms. The molecule has 1 heterocycles. The molecule has 0 unspecified atom stereocenters. The zero-order valence-corrected chi connectivity index (χ0v) is 16.0. The van der Waals surface area contributed by atoms with Crippen LogP contribution in [0.2, 0.25) is 0 Å². The summed E-state index contributed by atoms with van der Waals surface area (Å²) in [6, 6.07) is 19.5. The third-order valence-corrected chi connectivity index (χ3v) is 4.00. The molecule has 3 aromatic rings. The summed E-state index contributed by atoms with van der Waals surface area (Å²) < 4.78 is 5.73. The minimum atomic E-state index is -0.325. The van der Waals surface area contributed by atoms with Gasteiger partial charge in [0, 0.05) is 17.3 Å². The number of furan rings is 1. The molecule has 3 rings (SSSR count). The van der Waals surface area contributed by atoms with Gasteiger partial charge in [-0.15, -0.1) is 0 Å². The standard InChI is InChI=1S/C22H20N2O2S/c1-15-12-16(2)14-18(13-15)23-22(27)24-21(25)11-9-19-8-10-20(26-19)17-6-4-3-5-7-17/h3-14H,1-2H3,(H2,23,24,25,27)/b11-9+. The average molecular weight is 376 g/mol. The third-order valence-electron chi connectivity index (χ3n) is 3.80. The van der Waals surface area contributed by atoms with Crippen LogP contribution in [0, 0.1) is 13.8 Å². The molecular weight excluding hydrogens is 356 g/mol. The first kappa shape index (κ1) is 18.6. The van der Waals surface area contributed by atoms with Gasteiger partial charge in [-0.1, -0.05) is 36.4 Å². The van der Waals surface area contributed by atoms with Gasteiger partial charge in [0.1, 0.15) is 11.5 Å². The van der Waals surface area contributed by atoms with Crippen LogP contribution >= 0.6 is 12.2 Å². The lowest BCUT2D eigenvalue weighted by molar-refractivity contribution is -0.115. The van der Waals surface area contributed by atoms with Crippen LogP contribution in [0.1, 0.15) is 16.9 Å². The van der Waals surface area contributed by atoms with Crippen molar-refractivity contribution in [2.45, 2.75) is 13.8 Å². The number of anilines is 1. The minimum Gasteiger partial charge on any atom is -0.457 e. The van der Waals surface area contributed by atoms with Gasteiger partial charge < -0.3 is 9.73 Å². The molecule has 2 N–H and O–H groups in total. The highest BCUT2D eigenvalue weighted by Crippen LogP contribution is 2.22. The van der Waals surface area contributed by atoms with Crippen LogP contribution in [0.5, 0.6) is 0 Å². The zero-order valence-electron chi connectivity index (χ0n) is 15.2. The first-order valence-corrected chi connectivity index (χ1v) is 8.94. The Morgan fingerprint density at radius 2 is 1.70 bits per heavy atom. The van der Waals surface area contributed by atoms with E-state index in [1.165, 1.54) is 6.08 Å². The van der Waals surface area contributed by atoms with Crippen LogP contribution in [0.3, 0.4) is 0 Å². The van der Waals surface area contributed by atoms with E-state index in [0.29, 0.717) is 5.76 Å². The number of amides is 1. The predicted molar refractivity (Wildman–Crippen MR) is 113 cm³/mol. The summed E-state index contributed by atoms with van der Waals surface area (Å²) in [5, 5.41) is 5.90. The number of thiocarbonyl (C=S) groups is 1. The first-order valence-electron chi connectivity index (χ1n) is 8.53. The van der Waals surface area contributed by atoms with Crippen molar-refractivity contribution in [3.05, 3.63) is 83.6 Å². The molecule has 0 aliphatic heterocycles. The van der Waals surface area contributed by atoms with Gasteiger partial charge in [0.05, 0.1) is 0 Å². The number of carbonyl (C=O) groups is 1. The Kier molecular flexibility index (Phi) is 5.84. The molecule has 0 radical (unpaired) electrons. The van der Waals surface area contributed by atoms with E-state index in [4.69, 9.17) is 16.6 Å². The van der Waals surface area contributed by atoms with Crippen LogP contribution in [-0.4, -0.2) is 11.0 Å². The van der Waals surface area contributed by atoms with Crippen LogP contribution < -0.4 is 10.6 Å². The SMILES string of the molecule is Cc1cc(C)cc(NC(=S)NC(=O)/C=C/c2ccc(-c3ccccc3)o2)c1. The maximum absolute atomic E-state index is 12.1. The fourth-order valence-electron chi connectivity index (χ4n) is 2.72. The van der Waals surface area contributed by atoms with E-state index in [1.807, 2.05) is 68.4 Å². The second-order valence-corrected chi connectivity index (χ2v) is 6.63. The Morgan fingerprint density at radius 1 is 1.00 bits per heavy atom. The molecule has 0 saturated heterocycles. The molecule has 1 amide bonds. The van der Waals surface area contributed by atoms with E-state index < -0.39 is 0 Å². The van der Waals surface area contributed by atoms with Crippen molar-refractivity contribution in [3.8, 4) is 11.3 Å². The largest absolute Gasteiger partial charge is 0.457 e. The molecule has 4 nitrogen and oxygen atoms in total. The highest BCUT2D eigenvalue weighted by molar-refractivity contribution is 7.80. The Morgan fingerprint density at radius 3 is 2.41 bits per heavy atom. The van der Waals surface area contributed by atoms with Crippen molar-refractivity contribution in [2.75, 3.05) is 5.32 Å². The molecule has 0 aliphatic rings. The highest BCUT2D eigenvalue weighted by atomic mass is 32.1.